The van der Waals surface area contributed by atoms with Gasteiger partial charge in [-0.2, -0.15) is 21.9 Å². The average Bonchev–Trinajstić information content (AvgIpc) is 2.72. The van der Waals surface area contributed by atoms with Gasteiger partial charge in [0.1, 0.15) is 6.15 Å². The molecule has 0 radical (unpaired) electrons. The molecule has 0 saturated carbocycles. The van der Waals surface area contributed by atoms with Gasteiger partial charge in [-0.15, -0.1) is 12.6 Å². The van der Waals surface area contributed by atoms with E-state index >= 15 is 0 Å². The summed E-state index contributed by atoms with van der Waals surface area (Å²) in [6.45, 7) is 0. The monoisotopic (exact) mass is 351 g/mol. The molecule has 0 aliphatic rings. The molecule has 4 aromatic rings. The Hall–Kier alpha value is -2.71. The summed E-state index contributed by atoms with van der Waals surface area (Å²) in [4.78, 5) is 1.02. The smallest absolute Gasteiger partial charge is 0.109 e. The van der Waals surface area contributed by atoms with Gasteiger partial charge in [-0.05, 0) is 4.90 Å². The molecule has 0 unspecified atom stereocenters. The van der Waals surface area contributed by atoms with Crippen LogP contribution in [0.4, 0.5) is 0 Å². The highest BCUT2D eigenvalue weighted by Gasteiger charge is 2.32. The largest absolute Gasteiger partial charge is 0.195 e. The van der Waals surface area contributed by atoms with E-state index in [1.807, 2.05) is 6.07 Å². The third-order valence-corrected chi connectivity index (χ3v) is 5.71. The van der Waals surface area contributed by atoms with Crippen molar-refractivity contribution in [2.45, 2.75) is 4.90 Å². The van der Waals surface area contributed by atoms with Crippen molar-refractivity contribution in [2.24, 2.45) is 0 Å². The lowest BCUT2D eigenvalue weighted by atomic mass is 9.13. The molecule has 2 heteroatoms. The van der Waals surface area contributed by atoms with E-state index in [0.717, 1.165) is 4.90 Å². The molecule has 0 atom stereocenters. The maximum Gasteiger partial charge on any atom is 0.109 e. The standard InChI is InChI=1S/C24H20BS/c26-24-19-11-10-18-23(24)25(20-12-4-1-5-13-20,21-14-6-2-7-15-21)22-16-8-3-9-17-22/h1-19,26H/q-1. The van der Waals surface area contributed by atoms with E-state index in [1.54, 1.807) is 0 Å². The predicted octanol–water partition coefficient (Wildman–Crippen LogP) is 3.35. The minimum absolute atomic E-state index is 1.02. The minimum atomic E-state index is -1.32. The van der Waals surface area contributed by atoms with E-state index in [-0.39, 0.29) is 0 Å². The van der Waals surface area contributed by atoms with E-state index in [9.17, 15) is 0 Å². The van der Waals surface area contributed by atoms with Gasteiger partial charge < -0.3 is 0 Å². The van der Waals surface area contributed by atoms with Crippen LogP contribution >= 0.6 is 12.6 Å². The van der Waals surface area contributed by atoms with Crippen molar-refractivity contribution in [1.82, 2.24) is 0 Å². The molecule has 0 saturated heterocycles. The van der Waals surface area contributed by atoms with Gasteiger partial charge in [0.15, 0.2) is 0 Å². The Balaban J connectivity index is 2.17. The second-order valence-electron chi connectivity index (χ2n) is 6.66. The van der Waals surface area contributed by atoms with Gasteiger partial charge >= 0.3 is 0 Å². The normalized spacial score (nSPS) is 11.3. The number of thiol groups is 1. The zero-order chi connectivity index (χ0) is 17.8. The van der Waals surface area contributed by atoms with Crippen LogP contribution in [0.1, 0.15) is 0 Å². The van der Waals surface area contributed by atoms with Crippen molar-refractivity contribution >= 4 is 40.6 Å². The maximum absolute atomic E-state index is 4.86. The van der Waals surface area contributed by atoms with Gasteiger partial charge in [-0.25, -0.2) is 0 Å². The predicted molar refractivity (Wildman–Crippen MR) is 117 cm³/mol. The van der Waals surface area contributed by atoms with E-state index in [0.29, 0.717) is 0 Å². The number of hydrogen-bond acceptors (Lipinski definition) is 1. The summed E-state index contributed by atoms with van der Waals surface area (Å²) in [5.74, 6) is 0. The summed E-state index contributed by atoms with van der Waals surface area (Å²) in [6, 6.07) is 40.9. The summed E-state index contributed by atoms with van der Waals surface area (Å²) in [5.41, 5.74) is 5.14. The molecular weight excluding hydrogens is 331 g/mol. The zero-order valence-electron chi connectivity index (χ0n) is 14.5. The van der Waals surface area contributed by atoms with Crippen molar-refractivity contribution in [3.63, 3.8) is 0 Å². The highest BCUT2D eigenvalue weighted by Crippen LogP contribution is 2.13. The Kier molecular flexibility index (Phi) is 4.68. The molecule has 0 fully saturated rings. The summed E-state index contributed by atoms with van der Waals surface area (Å²) in [6.07, 6.45) is -1.32. The number of rotatable bonds is 4. The summed E-state index contributed by atoms with van der Waals surface area (Å²) in [5, 5.41) is 0. The summed E-state index contributed by atoms with van der Waals surface area (Å²) >= 11 is 4.86. The molecule has 4 rings (SSSR count). The van der Waals surface area contributed by atoms with Gasteiger partial charge in [0, 0.05) is 0 Å². The molecule has 126 valence electrons. The molecule has 0 aliphatic heterocycles. The molecular formula is C24H20BS-. The van der Waals surface area contributed by atoms with Crippen LogP contribution in [0, 0.1) is 0 Å². The van der Waals surface area contributed by atoms with Crippen LogP contribution in [0.2, 0.25) is 0 Å². The van der Waals surface area contributed by atoms with Gasteiger partial charge in [-0.3, -0.25) is 0 Å². The molecule has 0 nitrogen and oxygen atoms in total. The minimum Gasteiger partial charge on any atom is -0.195 e. The lowest BCUT2D eigenvalue weighted by Crippen LogP contribution is -2.75. The first kappa shape index (κ1) is 16.7. The van der Waals surface area contributed by atoms with E-state index in [4.69, 9.17) is 12.6 Å². The molecule has 0 aromatic heterocycles. The Bertz CT molecular complexity index is 885. The van der Waals surface area contributed by atoms with Crippen LogP contribution in [0.3, 0.4) is 0 Å². The second kappa shape index (κ2) is 7.27. The average molecular weight is 351 g/mol. The molecule has 0 heterocycles. The fourth-order valence-corrected chi connectivity index (χ4v) is 4.55. The Morgan fingerprint density at radius 2 is 0.769 bits per heavy atom. The van der Waals surface area contributed by atoms with Crippen molar-refractivity contribution in [3.8, 4) is 0 Å². The van der Waals surface area contributed by atoms with Crippen molar-refractivity contribution in [3.05, 3.63) is 115 Å². The quantitative estimate of drug-likeness (QED) is 0.423. The van der Waals surface area contributed by atoms with E-state index in [1.165, 1.54) is 21.9 Å². The van der Waals surface area contributed by atoms with Crippen LogP contribution in [-0.2, 0) is 0 Å². The molecule has 26 heavy (non-hydrogen) atoms. The first-order chi connectivity index (χ1) is 12.8. The third kappa shape index (κ3) is 2.77. The molecule has 0 spiro atoms. The van der Waals surface area contributed by atoms with Crippen LogP contribution in [0.5, 0.6) is 0 Å². The fraction of sp³-hybridized carbons (Fsp3) is 0. The van der Waals surface area contributed by atoms with Crippen molar-refractivity contribution < 1.29 is 0 Å². The van der Waals surface area contributed by atoms with Gasteiger partial charge in [-0.1, -0.05) is 115 Å². The SMILES string of the molecule is Sc1ccccc1[B-](c1ccccc1)(c1ccccc1)c1ccccc1. The Morgan fingerprint density at radius 3 is 1.15 bits per heavy atom. The maximum atomic E-state index is 4.86. The lowest BCUT2D eigenvalue weighted by molar-refractivity contribution is 1.52. The second-order valence-corrected chi connectivity index (χ2v) is 7.14. The van der Waals surface area contributed by atoms with Crippen molar-refractivity contribution in [2.75, 3.05) is 0 Å². The number of benzene rings is 4. The topological polar surface area (TPSA) is 0 Å². The molecule has 0 bridgehead atoms. The van der Waals surface area contributed by atoms with E-state index in [2.05, 4.69) is 109 Å². The van der Waals surface area contributed by atoms with Crippen LogP contribution in [0.15, 0.2) is 120 Å². The van der Waals surface area contributed by atoms with Crippen LogP contribution < -0.4 is 21.9 Å². The lowest BCUT2D eigenvalue weighted by Gasteiger charge is -2.45. The molecule has 0 N–H and O–H groups in total. The molecule has 0 amide bonds. The van der Waals surface area contributed by atoms with Crippen LogP contribution in [0.25, 0.3) is 0 Å². The molecule has 4 aromatic carbocycles. The first-order valence-electron chi connectivity index (χ1n) is 8.94. The van der Waals surface area contributed by atoms with Crippen LogP contribution in [-0.4, -0.2) is 6.15 Å². The van der Waals surface area contributed by atoms with Gasteiger partial charge in [0.25, 0.3) is 0 Å². The fourth-order valence-electron chi connectivity index (χ4n) is 4.19. The highest BCUT2D eigenvalue weighted by atomic mass is 32.1. The first-order valence-corrected chi connectivity index (χ1v) is 9.38. The third-order valence-electron chi connectivity index (χ3n) is 5.30. The number of hydrogen-bond donors (Lipinski definition) is 1. The highest BCUT2D eigenvalue weighted by molar-refractivity contribution is 7.80. The molecule has 0 aliphatic carbocycles. The van der Waals surface area contributed by atoms with Gasteiger partial charge in [0.05, 0.1) is 0 Å². The van der Waals surface area contributed by atoms with Gasteiger partial charge in [0.2, 0.25) is 0 Å². The Labute approximate surface area is 160 Å². The van der Waals surface area contributed by atoms with E-state index < -0.39 is 6.15 Å². The summed E-state index contributed by atoms with van der Waals surface area (Å²) < 4.78 is 0. The van der Waals surface area contributed by atoms with Crippen molar-refractivity contribution in [1.29, 1.82) is 0 Å². The zero-order valence-corrected chi connectivity index (χ0v) is 15.4. The Morgan fingerprint density at radius 1 is 0.423 bits per heavy atom. The summed E-state index contributed by atoms with van der Waals surface area (Å²) in [7, 11) is 0.